The van der Waals surface area contributed by atoms with Crippen LogP contribution in [0, 0.1) is 5.41 Å². The maximum Gasteiger partial charge on any atom is 0.471 e. The number of halogens is 3. The first kappa shape index (κ1) is 13.8. The number of likely N-dealkylation sites (tertiary alicyclic amines) is 1. The van der Waals surface area contributed by atoms with Crippen molar-refractivity contribution in [2.75, 3.05) is 13.1 Å². The van der Waals surface area contributed by atoms with Crippen LogP contribution in [0.4, 0.5) is 13.2 Å². The standard InChI is InChI=1S/C10H14F3NO3/c1-2-9(8(16)17)3-5-14(6-4-9)7(15)10(11,12)13/h2-6H2,1H3,(H,16,17). The minimum atomic E-state index is -4.88. The molecular weight excluding hydrogens is 239 g/mol. The number of hydrogen-bond acceptors (Lipinski definition) is 2. The number of carbonyl (C=O) groups is 2. The maximum atomic E-state index is 12.2. The summed E-state index contributed by atoms with van der Waals surface area (Å²) in [4.78, 5) is 22.7. The molecule has 1 saturated heterocycles. The van der Waals surface area contributed by atoms with E-state index in [9.17, 15) is 22.8 Å². The first-order valence-corrected chi connectivity index (χ1v) is 5.32. The number of carboxylic acids is 1. The normalized spacial score (nSPS) is 20.1. The van der Waals surface area contributed by atoms with Crippen LogP contribution in [-0.2, 0) is 9.59 Å². The highest BCUT2D eigenvalue weighted by Gasteiger charge is 2.47. The number of rotatable bonds is 2. The molecule has 0 aromatic carbocycles. The van der Waals surface area contributed by atoms with Crippen LogP contribution in [0.1, 0.15) is 26.2 Å². The predicted octanol–water partition coefficient (Wildman–Crippen LogP) is 1.65. The van der Waals surface area contributed by atoms with E-state index in [1.165, 1.54) is 0 Å². The van der Waals surface area contributed by atoms with Crippen molar-refractivity contribution >= 4 is 11.9 Å². The average molecular weight is 253 g/mol. The van der Waals surface area contributed by atoms with Gasteiger partial charge in [0.05, 0.1) is 5.41 Å². The van der Waals surface area contributed by atoms with Gasteiger partial charge in [-0.05, 0) is 19.3 Å². The summed E-state index contributed by atoms with van der Waals surface area (Å²) >= 11 is 0. The third-order valence-corrected chi connectivity index (χ3v) is 3.38. The summed E-state index contributed by atoms with van der Waals surface area (Å²) in [6.45, 7) is 1.38. The van der Waals surface area contributed by atoms with Crippen LogP contribution in [0.25, 0.3) is 0 Å². The molecule has 4 nitrogen and oxygen atoms in total. The molecule has 0 spiro atoms. The Morgan fingerprint density at radius 3 is 2.06 bits per heavy atom. The number of alkyl halides is 3. The topological polar surface area (TPSA) is 57.6 Å². The number of aliphatic carboxylic acids is 1. The van der Waals surface area contributed by atoms with Crippen LogP contribution in [0.3, 0.4) is 0 Å². The predicted molar refractivity (Wildman–Crippen MR) is 52.2 cm³/mol. The van der Waals surface area contributed by atoms with Crippen molar-refractivity contribution in [2.45, 2.75) is 32.4 Å². The molecule has 1 heterocycles. The minimum absolute atomic E-state index is 0.0701. The van der Waals surface area contributed by atoms with Crippen molar-refractivity contribution in [3.05, 3.63) is 0 Å². The van der Waals surface area contributed by atoms with Gasteiger partial charge in [-0.15, -0.1) is 0 Å². The molecule has 0 atom stereocenters. The lowest BCUT2D eigenvalue weighted by Crippen LogP contribution is -2.50. The first-order valence-electron chi connectivity index (χ1n) is 5.32. The zero-order valence-corrected chi connectivity index (χ0v) is 9.38. The zero-order valence-electron chi connectivity index (χ0n) is 9.38. The molecule has 1 N–H and O–H groups in total. The van der Waals surface area contributed by atoms with Crippen molar-refractivity contribution in [3.63, 3.8) is 0 Å². The maximum absolute atomic E-state index is 12.2. The Balaban J connectivity index is 2.68. The second-order valence-electron chi connectivity index (χ2n) is 4.23. The molecule has 1 fully saturated rings. The van der Waals surface area contributed by atoms with Crippen molar-refractivity contribution in [2.24, 2.45) is 5.41 Å². The van der Waals surface area contributed by atoms with Crippen LogP contribution in [0.15, 0.2) is 0 Å². The molecule has 0 aliphatic carbocycles. The summed E-state index contributed by atoms with van der Waals surface area (Å²) in [5, 5.41) is 9.05. The second kappa shape index (κ2) is 4.54. The number of carboxylic acid groups (broad SMARTS) is 1. The van der Waals surface area contributed by atoms with Crippen LogP contribution in [0.2, 0.25) is 0 Å². The fourth-order valence-corrected chi connectivity index (χ4v) is 2.04. The Morgan fingerprint density at radius 2 is 1.76 bits per heavy atom. The van der Waals surface area contributed by atoms with E-state index in [4.69, 9.17) is 5.11 Å². The summed E-state index contributed by atoms with van der Waals surface area (Å²) < 4.78 is 36.5. The number of hydrogen-bond donors (Lipinski definition) is 1. The highest BCUT2D eigenvalue weighted by atomic mass is 19.4. The third kappa shape index (κ3) is 2.70. The lowest BCUT2D eigenvalue weighted by Gasteiger charge is -2.38. The van der Waals surface area contributed by atoms with Crippen LogP contribution < -0.4 is 0 Å². The highest BCUT2D eigenvalue weighted by molar-refractivity contribution is 5.82. The van der Waals surface area contributed by atoms with E-state index in [1.54, 1.807) is 6.92 Å². The van der Waals surface area contributed by atoms with Gasteiger partial charge in [0.2, 0.25) is 0 Å². The number of piperidine rings is 1. The summed E-state index contributed by atoms with van der Waals surface area (Å²) in [5.74, 6) is -2.88. The molecule has 1 aliphatic heterocycles. The Labute approximate surface area is 96.4 Å². The third-order valence-electron chi connectivity index (χ3n) is 3.38. The van der Waals surface area contributed by atoms with E-state index in [-0.39, 0.29) is 25.9 Å². The molecule has 1 rings (SSSR count). The summed E-state index contributed by atoms with van der Waals surface area (Å²) in [5.41, 5.74) is -0.984. The Hall–Kier alpha value is -1.27. The van der Waals surface area contributed by atoms with Gasteiger partial charge in [-0.1, -0.05) is 6.92 Å². The smallest absolute Gasteiger partial charge is 0.471 e. The lowest BCUT2D eigenvalue weighted by molar-refractivity contribution is -0.188. The second-order valence-corrected chi connectivity index (χ2v) is 4.23. The molecule has 0 aromatic rings. The van der Waals surface area contributed by atoms with E-state index in [2.05, 4.69) is 0 Å². The van der Waals surface area contributed by atoms with Gasteiger partial charge in [0, 0.05) is 13.1 Å². The molecule has 98 valence electrons. The Morgan fingerprint density at radius 1 is 1.29 bits per heavy atom. The van der Waals surface area contributed by atoms with Gasteiger partial charge in [0.1, 0.15) is 0 Å². The van der Waals surface area contributed by atoms with Gasteiger partial charge in [-0.25, -0.2) is 0 Å². The summed E-state index contributed by atoms with van der Waals surface area (Å²) in [6, 6.07) is 0. The molecule has 0 aromatic heterocycles. The molecule has 7 heteroatoms. The lowest BCUT2D eigenvalue weighted by atomic mass is 9.76. The largest absolute Gasteiger partial charge is 0.481 e. The van der Waals surface area contributed by atoms with Crippen LogP contribution >= 0.6 is 0 Å². The monoisotopic (exact) mass is 253 g/mol. The number of amides is 1. The first-order chi connectivity index (χ1) is 7.73. The van der Waals surface area contributed by atoms with E-state index >= 15 is 0 Å². The minimum Gasteiger partial charge on any atom is -0.481 e. The summed E-state index contributed by atoms with van der Waals surface area (Å²) in [7, 11) is 0. The van der Waals surface area contributed by atoms with Crippen molar-refractivity contribution in [1.29, 1.82) is 0 Å². The van der Waals surface area contributed by atoms with Crippen molar-refractivity contribution in [1.82, 2.24) is 4.90 Å². The van der Waals surface area contributed by atoms with Gasteiger partial charge in [-0.3, -0.25) is 9.59 Å². The van der Waals surface area contributed by atoms with E-state index < -0.39 is 23.5 Å². The number of nitrogens with zero attached hydrogens (tertiary/aromatic N) is 1. The quantitative estimate of drug-likeness (QED) is 0.814. The Bertz CT molecular complexity index is 319. The molecule has 0 bridgehead atoms. The fourth-order valence-electron chi connectivity index (χ4n) is 2.04. The molecule has 0 saturated carbocycles. The summed E-state index contributed by atoms with van der Waals surface area (Å²) in [6.07, 6.45) is -4.38. The van der Waals surface area contributed by atoms with Crippen LogP contribution in [-0.4, -0.2) is 41.1 Å². The van der Waals surface area contributed by atoms with Crippen LogP contribution in [0.5, 0.6) is 0 Å². The van der Waals surface area contributed by atoms with Crippen molar-refractivity contribution < 1.29 is 27.9 Å². The highest BCUT2D eigenvalue weighted by Crippen LogP contribution is 2.36. The van der Waals surface area contributed by atoms with Gasteiger partial charge in [0.15, 0.2) is 0 Å². The fraction of sp³-hybridized carbons (Fsp3) is 0.800. The SMILES string of the molecule is CCC1(C(=O)O)CCN(C(=O)C(F)(F)F)CC1. The van der Waals surface area contributed by atoms with Crippen molar-refractivity contribution in [3.8, 4) is 0 Å². The van der Waals surface area contributed by atoms with Gasteiger partial charge in [0.25, 0.3) is 0 Å². The molecule has 0 unspecified atom stereocenters. The number of carbonyl (C=O) groups excluding carboxylic acids is 1. The molecule has 0 radical (unpaired) electrons. The van der Waals surface area contributed by atoms with E-state index in [1.807, 2.05) is 0 Å². The van der Waals surface area contributed by atoms with Gasteiger partial charge >= 0.3 is 18.1 Å². The molecule has 17 heavy (non-hydrogen) atoms. The van der Waals surface area contributed by atoms with Gasteiger partial charge < -0.3 is 10.0 Å². The Kier molecular flexibility index (Phi) is 3.68. The molecule has 1 amide bonds. The molecule has 1 aliphatic rings. The van der Waals surface area contributed by atoms with E-state index in [0.717, 1.165) is 0 Å². The van der Waals surface area contributed by atoms with Gasteiger partial charge in [-0.2, -0.15) is 13.2 Å². The molecular formula is C10H14F3NO3. The van der Waals surface area contributed by atoms with E-state index in [0.29, 0.717) is 11.3 Å². The zero-order chi connectivity index (χ0) is 13.3. The average Bonchev–Trinajstić information content (AvgIpc) is 2.26.